The maximum absolute atomic E-state index is 13.3. The molecule has 0 aliphatic carbocycles. The molecular weight excluding hydrogens is 556 g/mol. The number of aromatic nitrogens is 5. The molecule has 44 heavy (non-hydrogen) atoms. The molecule has 228 valence electrons. The van der Waals surface area contributed by atoms with Crippen LogP contribution in [0.15, 0.2) is 67.0 Å². The van der Waals surface area contributed by atoms with Crippen molar-refractivity contribution in [3.63, 3.8) is 0 Å². The van der Waals surface area contributed by atoms with Crippen molar-refractivity contribution in [1.82, 2.24) is 33.9 Å². The summed E-state index contributed by atoms with van der Waals surface area (Å²) >= 11 is 0. The fourth-order valence-corrected chi connectivity index (χ4v) is 5.57. The van der Waals surface area contributed by atoms with Crippen LogP contribution in [0, 0.1) is 0 Å². The van der Waals surface area contributed by atoms with Crippen LogP contribution in [0.1, 0.15) is 55.3 Å². The second-order valence-electron chi connectivity index (χ2n) is 12.0. The maximum atomic E-state index is 13.3. The Bertz CT molecular complexity index is 1810. The number of fused-ring (bicyclic) bond motifs is 2. The van der Waals surface area contributed by atoms with Gasteiger partial charge in [0.1, 0.15) is 16.9 Å². The van der Waals surface area contributed by atoms with E-state index in [1.807, 2.05) is 86.2 Å². The Hall–Kier alpha value is -4.77. The van der Waals surface area contributed by atoms with E-state index in [2.05, 4.69) is 22.1 Å². The van der Waals surface area contributed by atoms with Gasteiger partial charge in [-0.1, -0.05) is 25.1 Å². The van der Waals surface area contributed by atoms with Crippen molar-refractivity contribution < 1.29 is 14.3 Å². The summed E-state index contributed by atoms with van der Waals surface area (Å²) in [7, 11) is 0. The Kier molecular flexibility index (Phi) is 8.05. The van der Waals surface area contributed by atoms with Crippen molar-refractivity contribution in [3.8, 4) is 0 Å². The van der Waals surface area contributed by atoms with Gasteiger partial charge in [-0.3, -0.25) is 23.8 Å². The number of hydrogen-bond donors (Lipinski definition) is 1. The third-order valence-electron chi connectivity index (χ3n) is 7.67. The number of carbonyl (C=O) groups excluding carboxylic acids is 2. The topological polar surface area (TPSA) is 110 Å². The van der Waals surface area contributed by atoms with Gasteiger partial charge in [0.2, 0.25) is 0 Å². The molecule has 1 saturated heterocycles. The smallest absolute Gasteiger partial charge is 0.410 e. The summed E-state index contributed by atoms with van der Waals surface area (Å²) in [4.78, 5) is 39.1. The van der Waals surface area contributed by atoms with E-state index in [1.54, 1.807) is 15.5 Å². The minimum Gasteiger partial charge on any atom is -0.444 e. The second-order valence-corrected chi connectivity index (χ2v) is 12.0. The summed E-state index contributed by atoms with van der Waals surface area (Å²) in [5.41, 5.74) is 5.13. The fraction of sp³-hybridized carbons (Fsp3) is 0.364. The van der Waals surface area contributed by atoms with E-state index in [0.29, 0.717) is 37.6 Å². The number of piperazine rings is 1. The highest BCUT2D eigenvalue weighted by atomic mass is 16.6. The van der Waals surface area contributed by atoms with Crippen molar-refractivity contribution in [2.75, 3.05) is 31.5 Å². The lowest BCUT2D eigenvalue weighted by Crippen LogP contribution is -2.49. The van der Waals surface area contributed by atoms with E-state index in [9.17, 15) is 9.59 Å². The van der Waals surface area contributed by atoms with Gasteiger partial charge in [0.05, 0.1) is 41.0 Å². The molecule has 1 fully saturated rings. The number of nitrogens with zero attached hydrogens (tertiary/aromatic N) is 7. The monoisotopic (exact) mass is 594 g/mol. The van der Waals surface area contributed by atoms with Gasteiger partial charge in [0.15, 0.2) is 0 Å². The standard InChI is InChI=1S/C33H38N8O3/c1-5-25-30-26(36-31(42)28-20-34-29-14-6-7-15-40(28)29)12-9-13-27(30)41(37-25)22-24-11-8-10-23(35-24)21-38-16-18-39(19-17-38)32(43)44-33(2,3)4/h6-15,20H,5,16-19,21-22H2,1-4H3,(H,36,42). The first-order valence-corrected chi connectivity index (χ1v) is 15.1. The third kappa shape index (κ3) is 6.28. The minimum absolute atomic E-state index is 0.229. The van der Waals surface area contributed by atoms with E-state index in [1.165, 1.54) is 0 Å². The van der Waals surface area contributed by atoms with Crippen LogP contribution in [0.3, 0.4) is 0 Å². The second kappa shape index (κ2) is 12.1. The number of nitrogens with one attached hydrogen (secondary N) is 1. The molecule has 0 radical (unpaired) electrons. The Labute approximate surface area is 256 Å². The number of hydrogen-bond acceptors (Lipinski definition) is 7. The minimum atomic E-state index is -0.498. The maximum Gasteiger partial charge on any atom is 0.410 e. The number of amides is 2. The van der Waals surface area contributed by atoms with Crippen LogP contribution in [0.4, 0.5) is 10.5 Å². The average molecular weight is 595 g/mol. The highest BCUT2D eigenvalue weighted by Crippen LogP contribution is 2.29. The molecule has 6 rings (SSSR count). The van der Waals surface area contributed by atoms with Gasteiger partial charge < -0.3 is 15.0 Å². The van der Waals surface area contributed by atoms with Gasteiger partial charge in [0.25, 0.3) is 5.91 Å². The van der Waals surface area contributed by atoms with Crippen molar-refractivity contribution in [3.05, 3.63) is 89.8 Å². The van der Waals surface area contributed by atoms with Gasteiger partial charge >= 0.3 is 6.09 Å². The zero-order valence-electron chi connectivity index (χ0n) is 25.7. The lowest BCUT2D eigenvalue weighted by molar-refractivity contribution is 0.0138. The molecule has 1 aliphatic heterocycles. The van der Waals surface area contributed by atoms with Crippen LogP contribution in [-0.4, -0.2) is 77.7 Å². The molecule has 5 aromatic rings. The highest BCUT2D eigenvalue weighted by Gasteiger charge is 2.26. The average Bonchev–Trinajstić information content (AvgIpc) is 3.59. The van der Waals surface area contributed by atoms with E-state index in [-0.39, 0.29) is 12.0 Å². The van der Waals surface area contributed by atoms with Crippen LogP contribution in [-0.2, 0) is 24.2 Å². The number of ether oxygens (including phenoxy) is 1. The predicted octanol–water partition coefficient (Wildman–Crippen LogP) is 4.99. The van der Waals surface area contributed by atoms with Gasteiger partial charge in [-0.2, -0.15) is 5.10 Å². The fourth-order valence-electron chi connectivity index (χ4n) is 5.57. The number of anilines is 1. The normalized spacial score (nSPS) is 14.3. The van der Waals surface area contributed by atoms with Crippen LogP contribution in [0.2, 0.25) is 0 Å². The molecule has 0 saturated carbocycles. The van der Waals surface area contributed by atoms with Gasteiger partial charge in [-0.15, -0.1) is 0 Å². The number of aryl methyl sites for hydroxylation is 1. The van der Waals surface area contributed by atoms with Gasteiger partial charge in [-0.05, 0) is 63.6 Å². The predicted molar refractivity (Wildman–Crippen MR) is 169 cm³/mol. The molecule has 1 aliphatic rings. The summed E-state index contributed by atoms with van der Waals surface area (Å²) in [6, 6.07) is 17.6. The van der Waals surface area contributed by atoms with E-state index < -0.39 is 5.60 Å². The first-order valence-electron chi connectivity index (χ1n) is 15.1. The molecular formula is C33H38N8O3. The van der Waals surface area contributed by atoms with Crippen LogP contribution >= 0.6 is 0 Å². The van der Waals surface area contributed by atoms with Crippen molar-refractivity contribution in [1.29, 1.82) is 0 Å². The Morgan fingerprint density at radius 2 is 1.68 bits per heavy atom. The molecule has 5 heterocycles. The molecule has 0 atom stereocenters. The number of imidazole rings is 1. The first-order chi connectivity index (χ1) is 21.2. The zero-order valence-corrected chi connectivity index (χ0v) is 25.7. The van der Waals surface area contributed by atoms with E-state index in [0.717, 1.165) is 53.1 Å². The molecule has 11 heteroatoms. The summed E-state index contributed by atoms with van der Waals surface area (Å²) in [6.45, 7) is 11.7. The lowest BCUT2D eigenvalue weighted by atomic mass is 10.1. The molecule has 1 aromatic carbocycles. The third-order valence-corrected chi connectivity index (χ3v) is 7.67. The SMILES string of the molecule is CCc1nn(Cc2cccc(CN3CCN(C(=O)OC(C)(C)C)CC3)n2)c2cccc(NC(=O)c3cnc4ccccn34)c12. The van der Waals surface area contributed by atoms with Crippen molar-refractivity contribution in [2.24, 2.45) is 0 Å². The summed E-state index contributed by atoms with van der Waals surface area (Å²) in [5.74, 6) is -0.229. The molecule has 2 amide bonds. The Balaban J connectivity index is 1.16. The summed E-state index contributed by atoms with van der Waals surface area (Å²) < 4.78 is 9.26. The summed E-state index contributed by atoms with van der Waals surface area (Å²) in [6.07, 6.45) is 3.88. The number of pyridine rings is 2. The quantitative estimate of drug-likeness (QED) is 0.283. The number of rotatable bonds is 7. The number of carbonyl (C=O) groups is 2. The number of benzene rings is 1. The van der Waals surface area contributed by atoms with Crippen LogP contribution in [0.5, 0.6) is 0 Å². The molecule has 11 nitrogen and oxygen atoms in total. The lowest BCUT2D eigenvalue weighted by Gasteiger charge is -2.35. The molecule has 0 spiro atoms. The zero-order chi connectivity index (χ0) is 30.8. The molecule has 4 aromatic heterocycles. The molecule has 0 bridgehead atoms. The highest BCUT2D eigenvalue weighted by molar-refractivity contribution is 6.08. The Morgan fingerprint density at radius 3 is 2.43 bits per heavy atom. The first kappa shape index (κ1) is 29.3. The van der Waals surface area contributed by atoms with Crippen LogP contribution < -0.4 is 5.32 Å². The van der Waals surface area contributed by atoms with Gasteiger partial charge in [-0.25, -0.2) is 9.78 Å². The summed E-state index contributed by atoms with van der Waals surface area (Å²) in [5, 5.41) is 8.95. The Morgan fingerprint density at radius 1 is 0.932 bits per heavy atom. The van der Waals surface area contributed by atoms with Gasteiger partial charge in [0, 0.05) is 44.3 Å². The molecule has 1 N–H and O–H groups in total. The van der Waals surface area contributed by atoms with E-state index in [4.69, 9.17) is 14.8 Å². The van der Waals surface area contributed by atoms with Crippen LogP contribution in [0.25, 0.3) is 16.6 Å². The largest absolute Gasteiger partial charge is 0.444 e. The molecule has 0 unspecified atom stereocenters. The van der Waals surface area contributed by atoms with E-state index >= 15 is 0 Å². The van der Waals surface area contributed by atoms with Crippen molar-refractivity contribution >= 4 is 34.2 Å². The van der Waals surface area contributed by atoms with Crippen molar-refractivity contribution in [2.45, 2.75) is 52.8 Å².